The summed E-state index contributed by atoms with van der Waals surface area (Å²) in [5.41, 5.74) is 4.02. The van der Waals surface area contributed by atoms with E-state index >= 15 is 0 Å². The molecular formula is C21H20O4. The molecule has 0 bridgehead atoms. The Morgan fingerprint density at radius 2 is 1.84 bits per heavy atom. The third-order valence-electron chi connectivity index (χ3n) is 4.28. The molecule has 1 atom stereocenters. The topological polar surface area (TPSA) is 69.9 Å². The summed E-state index contributed by atoms with van der Waals surface area (Å²) in [5, 5.41) is 29.3. The molecular weight excluding hydrogens is 316 g/mol. The Morgan fingerprint density at radius 1 is 1.08 bits per heavy atom. The summed E-state index contributed by atoms with van der Waals surface area (Å²) < 4.78 is 6.14. The highest BCUT2D eigenvalue weighted by Crippen LogP contribution is 2.44. The van der Waals surface area contributed by atoms with E-state index in [1.54, 1.807) is 24.3 Å². The molecule has 0 amide bonds. The SMILES string of the molecule is C=C(/C=C\C)C1Oc2ccc(O)cc2C(C)=C1c1ccc(O)c(O)c1. The highest BCUT2D eigenvalue weighted by atomic mass is 16.5. The van der Waals surface area contributed by atoms with Crippen LogP contribution in [0.3, 0.4) is 0 Å². The molecule has 3 N–H and O–H groups in total. The standard InChI is InChI=1S/C21H20O4/c1-4-5-12(2)21-20(14-6-8-17(23)18(24)10-14)13(3)16-11-15(22)7-9-19(16)25-21/h4-11,21-24H,2H2,1,3H3/b5-4-. The van der Waals surface area contributed by atoms with Crippen molar-refractivity contribution in [2.75, 3.05) is 0 Å². The number of rotatable bonds is 3. The molecule has 1 unspecified atom stereocenters. The van der Waals surface area contributed by atoms with Crippen molar-refractivity contribution in [3.05, 3.63) is 71.8 Å². The van der Waals surface area contributed by atoms with Crippen molar-refractivity contribution in [3.63, 3.8) is 0 Å². The van der Waals surface area contributed by atoms with Gasteiger partial charge in [-0.3, -0.25) is 0 Å². The molecule has 1 aliphatic rings. The van der Waals surface area contributed by atoms with Gasteiger partial charge in [0.25, 0.3) is 0 Å². The molecule has 128 valence electrons. The summed E-state index contributed by atoms with van der Waals surface area (Å²) in [7, 11) is 0. The fourth-order valence-electron chi connectivity index (χ4n) is 3.06. The fraction of sp³-hybridized carbons (Fsp3) is 0.143. The lowest BCUT2D eigenvalue weighted by Crippen LogP contribution is -2.24. The van der Waals surface area contributed by atoms with Crippen molar-refractivity contribution in [1.29, 1.82) is 0 Å². The largest absolute Gasteiger partial charge is 0.508 e. The first kappa shape index (κ1) is 16.7. The quantitative estimate of drug-likeness (QED) is 0.565. The third-order valence-corrected chi connectivity index (χ3v) is 4.28. The van der Waals surface area contributed by atoms with Crippen LogP contribution in [0.1, 0.15) is 25.0 Å². The predicted octanol–water partition coefficient (Wildman–Crippen LogP) is 4.63. The second-order valence-corrected chi connectivity index (χ2v) is 6.00. The summed E-state index contributed by atoms with van der Waals surface area (Å²) in [4.78, 5) is 0. The Hall–Kier alpha value is -3.14. The van der Waals surface area contributed by atoms with Gasteiger partial charge in [0.2, 0.25) is 0 Å². The van der Waals surface area contributed by atoms with Crippen LogP contribution in [0.5, 0.6) is 23.0 Å². The van der Waals surface area contributed by atoms with Crippen LogP contribution < -0.4 is 4.74 Å². The first-order chi connectivity index (χ1) is 11.9. The summed E-state index contributed by atoms with van der Waals surface area (Å²) in [6.45, 7) is 7.95. The molecule has 0 saturated carbocycles. The van der Waals surface area contributed by atoms with E-state index < -0.39 is 6.10 Å². The van der Waals surface area contributed by atoms with Gasteiger partial charge in [0.05, 0.1) is 0 Å². The van der Waals surface area contributed by atoms with Crippen molar-refractivity contribution in [3.8, 4) is 23.0 Å². The van der Waals surface area contributed by atoms with Crippen LogP contribution in [-0.4, -0.2) is 21.4 Å². The van der Waals surface area contributed by atoms with E-state index in [9.17, 15) is 15.3 Å². The highest BCUT2D eigenvalue weighted by Gasteiger charge is 2.29. The monoisotopic (exact) mass is 336 g/mol. The molecule has 1 aliphatic heterocycles. The van der Waals surface area contributed by atoms with E-state index in [1.807, 2.05) is 26.0 Å². The second kappa shape index (κ2) is 6.40. The second-order valence-electron chi connectivity index (χ2n) is 6.00. The number of benzene rings is 2. The first-order valence-corrected chi connectivity index (χ1v) is 7.97. The maximum atomic E-state index is 9.89. The molecule has 4 nitrogen and oxygen atoms in total. The maximum Gasteiger partial charge on any atom is 0.158 e. The van der Waals surface area contributed by atoms with E-state index in [0.29, 0.717) is 5.75 Å². The molecule has 0 aromatic heterocycles. The summed E-state index contributed by atoms with van der Waals surface area (Å²) in [6.07, 6.45) is 3.33. The third kappa shape index (κ3) is 2.98. The minimum absolute atomic E-state index is 0.153. The van der Waals surface area contributed by atoms with Crippen LogP contribution in [0.25, 0.3) is 11.1 Å². The normalized spacial score (nSPS) is 16.6. The van der Waals surface area contributed by atoms with Gasteiger partial charge >= 0.3 is 0 Å². The van der Waals surface area contributed by atoms with E-state index in [0.717, 1.165) is 27.8 Å². The molecule has 2 aromatic rings. The highest BCUT2D eigenvalue weighted by molar-refractivity contribution is 5.97. The van der Waals surface area contributed by atoms with E-state index in [2.05, 4.69) is 6.58 Å². The molecule has 0 radical (unpaired) electrons. The molecule has 0 spiro atoms. The van der Waals surface area contributed by atoms with Gasteiger partial charge in [0.1, 0.15) is 17.6 Å². The number of phenols is 3. The minimum atomic E-state index is -0.433. The Bertz CT molecular complexity index is 906. The molecule has 2 aromatic carbocycles. The minimum Gasteiger partial charge on any atom is -0.508 e. The average molecular weight is 336 g/mol. The Morgan fingerprint density at radius 3 is 2.52 bits per heavy atom. The summed E-state index contributed by atoms with van der Waals surface area (Å²) in [5.74, 6) is 0.438. The van der Waals surface area contributed by atoms with Crippen LogP contribution in [0.15, 0.2) is 60.7 Å². The molecule has 0 aliphatic carbocycles. The van der Waals surface area contributed by atoms with Crippen molar-refractivity contribution < 1.29 is 20.1 Å². The molecule has 1 heterocycles. The molecule has 3 rings (SSSR count). The van der Waals surface area contributed by atoms with Gasteiger partial charge in [-0.1, -0.05) is 24.8 Å². The Labute approximate surface area is 146 Å². The molecule has 4 heteroatoms. The fourth-order valence-corrected chi connectivity index (χ4v) is 3.06. The lowest BCUT2D eigenvalue weighted by Gasteiger charge is -2.31. The number of hydrogen-bond acceptors (Lipinski definition) is 4. The van der Waals surface area contributed by atoms with Gasteiger partial charge < -0.3 is 20.1 Å². The zero-order chi connectivity index (χ0) is 18.1. The van der Waals surface area contributed by atoms with E-state index in [1.165, 1.54) is 12.1 Å². The smallest absolute Gasteiger partial charge is 0.158 e. The first-order valence-electron chi connectivity index (χ1n) is 7.97. The van der Waals surface area contributed by atoms with Crippen molar-refractivity contribution >= 4 is 11.1 Å². The van der Waals surface area contributed by atoms with Crippen molar-refractivity contribution in [2.24, 2.45) is 0 Å². The number of fused-ring (bicyclic) bond motifs is 1. The Balaban J connectivity index is 2.24. The van der Waals surface area contributed by atoms with Crippen LogP contribution >= 0.6 is 0 Å². The van der Waals surface area contributed by atoms with E-state index in [-0.39, 0.29) is 17.2 Å². The van der Waals surface area contributed by atoms with Gasteiger partial charge in [0.15, 0.2) is 11.5 Å². The van der Waals surface area contributed by atoms with Gasteiger partial charge in [-0.15, -0.1) is 0 Å². The zero-order valence-corrected chi connectivity index (χ0v) is 14.2. The van der Waals surface area contributed by atoms with Gasteiger partial charge in [-0.2, -0.15) is 0 Å². The van der Waals surface area contributed by atoms with Crippen LogP contribution in [0.2, 0.25) is 0 Å². The summed E-state index contributed by atoms with van der Waals surface area (Å²) in [6, 6.07) is 9.63. The lowest BCUT2D eigenvalue weighted by atomic mass is 9.86. The van der Waals surface area contributed by atoms with Gasteiger partial charge in [-0.05, 0) is 60.9 Å². The number of aromatic hydroxyl groups is 3. The zero-order valence-electron chi connectivity index (χ0n) is 14.2. The average Bonchev–Trinajstić information content (AvgIpc) is 2.58. The predicted molar refractivity (Wildman–Crippen MR) is 98.7 cm³/mol. The van der Waals surface area contributed by atoms with Crippen LogP contribution in [0.4, 0.5) is 0 Å². The number of allylic oxidation sites excluding steroid dienone is 2. The molecule has 0 saturated heterocycles. The molecule has 25 heavy (non-hydrogen) atoms. The van der Waals surface area contributed by atoms with Crippen molar-refractivity contribution in [2.45, 2.75) is 20.0 Å². The number of phenolic OH excluding ortho intramolecular Hbond substituents is 3. The molecule has 0 fully saturated rings. The summed E-state index contributed by atoms with van der Waals surface area (Å²) >= 11 is 0. The van der Waals surface area contributed by atoms with Gasteiger partial charge in [0, 0.05) is 11.1 Å². The van der Waals surface area contributed by atoms with E-state index in [4.69, 9.17) is 4.74 Å². The Kier molecular flexibility index (Phi) is 4.28. The van der Waals surface area contributed by atoms with Crippen LogP contribution in [0, 0.1) is 0 Å². The van der Waals surface area contributed by atoms with Gasteiger partial charge in [-0.25, -0.2) is 0 Å². The van der Waals surface area contributed by atoms with Crippen LogP contribution in [-0.2, 0) is 0 Å². The lowest BCUT2D eigenvalue weighted by molar-refractivity contribution is 0.291. The maximum absolute atomic E-state index is 9.89. The van der Waals surface area contributed by atoms with Crippen molar-refractivity contribution in [1.82, 2.24) is 0 Å². The number of hydrogen-bond donors (Lipinski definition) is 3. The number of ether oxygens (including phenoxy) is 1.